The SMILES string of the molecule is O=C(CCl)NCc1ccccc1CN1CCOCC1. The molecule has 0 aliphatic carbocycles. The zero-order valence-electron chi connectivity index (χ0n) is 10.9. The van der Waals surface area contributed by atoms with Gasteiger partial charge in [0.2, 0.25) is 5.91 Å². The Morgan fingerprint density at radius 2 is 1.95 bits per heavy atom. The van der Waals surface area contributed by atoms with Crippen molar-refractivity contribution in [3.63, 3.8) is 0 Å². The molecular formula is C14H19ClN2O2. The Hall–Kier alpha value is -1.10. The van der Waals surface area contributed by atoms with Crippen LogP contribution in [-0.4, -0.2) is 43.0 Å². The Kier molecular flexibility index (Phi) is 5.63. The molecule has 0 radical (unpaired) electrons. The molecule has 0 atom stereocenters. The zero-order chi connectivity index (χ0) is 13.5. The number of hydrogen-bond acceptors (Lipinski definition) is 3. The lowest BCUT2D eigenvalue weighted by Gasteiger charge is -2.27. The molecule has 5 heteroatoms. The molecule has 0 spiro atoms. The molecule has 1 aliphatic heterocycles. The summed E-state index contributed by atoms with van der Waals surface area (Å²) in [6, 6.07) is 8.18. The maximum atomic E-state index is 11.2. The van der Waals surface area contributed by atoms with Gasteiger partial charge < -0.3 is 10.1 Å². The number of ether oxygens (including phenoxy) is 1. The minimum atomic E-state index is -0.136. The third kappa shape index (κ3) is 4.49. The van der Waals surface area contributed by atoms with Crippen LogP contribution in [0.15, 0.2) is 24.3 Å². The first-order chi connectivity index (χ1) is 9.29. The van der Waals surface area contributed by atoms with Crippen LogP contribution in [0.3, 0.4) is 0 Å². The second-order valence-corrected chi connectivity index (χ2v) is 4.83. The second-order valence-electron chi connectivity index (χ2n) is 4.57. The predicted octanol–water partition coefficient (Wildman–Crippen LogP) is 1.37. The van der Waals surface area contributed by atoms with E-state index in [0.717, 1.165) is 38.4 Å². The summed E-state index contributed by atoms with van der Waals surface area (Å²) >= 11 is 5.48. The van der Waals surface area contributed by atoms with Crippen LogP contribution in [-0.2, 0) is 22.6 Å². The van der Waals surface area contributed by atoms with Crippen molar-refractivity contribution in [1.29, 1.82) is 0 Å². The highest BCUT2D eigenvalue weighted by molar-refractivity contribution is 6.27. The summed E-state index contributed by atoms with van der Waals surface area (Å²) < 4.78 is 5.35. The number of morpholine rings is 1. The van der Waals surface area contributed by atoms with E-state index in [1.807, 2.05) is 18.2 Å². The van der Waals surface area contributed by atoms with Crippen molar-refractivity contribution in [2.24, 2.45) is 0 Å². The Labute approximate surface area is 118 Å². The van der Waals surface area contributed by atoms with E-state index >= 15 is 0 Å². The van der Waals surface area contributed by atoms with Gasteiger partial charge in [0, 0.05) is 26.2 Å². The number of carbonyl (C=O) groups excluding carboxylic acids is 1. The molecule has 0 bridgehead atoms. The maximum Gasteiger partial charge on any atom is 0.235 e. The Balaban J connectivity index is 1.96. The molecule has 1 aliphatic rings. The van der Waals surface area contributed by atoms with Crippen molar-refractivity contribution in [2.75, 3.05) is 32.2 Å². The van der Waals surface area contributed by atoms with Gasteiger partial charge in [0.05, 0.1) is 13.2 Å². The monoisotopic (exact) mass is 282 g/mol. The summed E-state index contributed by atoms with van der Waals surface area (Å²) in [4.78, 5) is 13.6. The summed E-state index contributed by atoms with van der Waals surface area (Å²) in [6.45, 7) is 4.95. The van der Waals surface area contributed by atoms with E-state index in [2.05, 4.69) is 16.3 Å². The molecule has 1 amide bonds. The highest BCUT2D eigenvalue weighted by Gasteiger charge is 2.12. The number of nitrogens with one attached hydrogen (secondary N) is 1. The fourth-order valence-electron chi connectivity index (χ4n) is 2.13. The Bertz CT molecular complexity index is 420. The van der Waals surface area contributed by atoms with Crippen LogP contribution in [0.1, 0.15) is 11.1 Å². The van der Waals surface area contributed by atoms with E-state index in [-0.39, 0.29) is 11.8 Å². The van der Waals surface area contributed by atoms with Crippen LogP contribution in [0, 0.1) is 0 Å². The number of alkyl halides is 1. The van der Waals surface area contributed by atoms with Gasteiger partial charge in [0.25, 0.3) is 0 Å². The molecule has 1 aromatic carbocycles. The Morgan fingerprint density at radius 3 is 2.63 bits per heavy atom. The third-order valence-corrected chi connectivity index (χ3v) is 3.46. The van der Waals surface area contributed by atoms with Crippen LogP contribution in [0.25, 0.3) is 0 Å². The molecular weight excluding hydrogens is 264 g/mol. The average Bonchev–Trinajstić information content (AvgIpc) is 2.47. The number of benzene rings is 1. The quantitative estimate of drug-likeness (QED) is 0.830. The summed E-state index contributed by atoms with van der Waals surface area (Å²) in [5.41, 5.74) is 2.40. The molecule has 1 fully saturated rings. The molecule has 4 nitrogen and oxygen atoms in total. The van der Waals surface area contributed by atoms with Crippen molar-refractivity contribution in [2.45, 2.75) is 13.1 Å². The molecule has 19 heavy (non-hydrogen) atoms. The zero-order valence-corrected chi connectivity index (χ0v) is 11.7. The molecule has 1 heterocycles. The van der Waals surface area contributed by atoms with E-state index in [9.17, 15) is 4.79 Å². The first-order valence-corrected chi connectivity index (χ1v) is 7.02. The van der Waals surface area contributed by atoms with E-state index in [1.54, 1.807) is 0 Å². The molecule has 1 aromatic rings. The lowest BCUT2D eigenvalue weighted by molar-refractivity contribution is -0.118. The van der Waals surface area contributed by atoms with Crippen molar-refractivity contribution in [1.82, 2.24) is 10.2 Å². The van der Waals surface area contributed by atoms with Crippen molar-refractivity contribution in [3.05, 3.63) is 35.4 Å². The summed E-state index contributed by atoms with van der Waals surface area (Å²) in [5, 5.41) is 2.81. The van der Waals surface area contributed by atoms with Crippen molar-refractivity contribution in [3.8, 4) is 0 Å². The average molecular weight is 283 g/mol. The van der Waals surface area contributed by atoms with Gasteiger partial charge >= 0.3 is 0 Å². The van der Waals surface area contributed by atoms with Crippen LogP contribution >= 0.6 is 11.6 Å². The van der Waals surface area contributed by atoms with E-state index < -0.39 is 0 Å². The number of hydrogen-bond donors (Lipinski definition) is 1. The van der Waals surface area contributed by atoms with Gasteiger partial charge in [0.15, 0.2) is 0 Å². The van der Waals surface area contributed by atoms with Gasteiger partial charge in [-0.15, -0.1) is 11.6 Å². The van der Waals surface area contributed by atoms with E-state index in [0.29, 0.717) is 6.54 Å². The van der Waals surface area contributed by atoms with Crippen LogP contribution in [0.4, 0.5) is 0 Å². The smallest absolute Gasteiger partial charge is 0.235 e. The normalized spacial score (nSPS) is 16.3. The fraction of sp³-hybridized carbons (Fsp3) is 0.500. The minimum Gasteiger partial charge on any atom is -0.379 e. The molecule has 0 unspecified atom stereocenters. The topological polar surface area (TPSA) is 41.6 Å². The predicted molar refractivity (Wildman–Crippen MR) is 75.1 cm³/mol. The first-order valence-electron chi connectivity index (χ1n) is 6.49. The maximum absolute atomic E-state index is 11.2. The van der Waals surface area contributed by atoms with Gasteiger partial charge in [0.1, 0.15) is 5.88 Å². The summed E-state index contributed by atoms with van der Waals surface area (Å²) in [7, 11) is 0. The van der Waals surface area contributed by atoms with Gasteiger partial charge in [-0.2, -0.15) is 0 Å². The molecule has 1 N–H and O–H groups in total. The number of rotatable bonds is 5. The van der Waals surface area contributed by atoms with Gasteiger partial charge in [-0.1, -0.05) is 24.3 Å². The third-order valence-electron chi connectivity index (χ3n) is 3.21. The standard InChI is InChI=1S/C14H19ClN2O2/c15-9-14(18)16-10-12-3-1-2-4-13(12)11-17-5-7-19-8-6-17/h1-4H,5-11H2,(H,16,18). The van der Waals surface area contributed by atoms with Gasteiger partial charge in [-0.25, -0.2) is 0 Å². The minimum absolute atomic E-state index is 0.00559. The number of halogens is 1. The molecule has 0 saturated carbocycles. The van der Waals surface area contributed by atoms with Crippen LogP contribution < -0.4 is 5.32 Å². The van der Waals surface area contributed by atoms with Gasteiger partial charge in [-0.3, -0.25) is 9.69 Å². The highest BCUT2D eigenvalue weighted by atomic mass is 35.5. The van der Waals surface area contributed by atoms with Gasteiger partial charge in [-0.05, 0) is 11.1 Å². The summed E-state index contributed by atoms with van der Waals surface area (Å²) in [6.07, 6.45) is 0. The number of carbonyl (C=O) groups is 1. The van der Waals surface area contributed by atoms with Crippen molar-refractivity contribution >= 4 is 17.5 Å². The fourth-order valence-corrected chi connectivity index (χ4v) is 2.22. The lowest BCUT2D eigenvalue weighted by atomic mass is 10.1. The van der Waals surface area contributed by atoms with E-state index in [1.165, 1.54) is 5.56 Å². The van der Waals surface area contributed by atoms with Crippen molar-refractivity contribution < 1.29 is 9.53 Å². The first kappa shape index (κ1) is 14.3. The number of nitrogens with zero attached hydrogens (tertiary/aromatic N) is 1. The molecule has 104 valence electrons. The van der Waals surface area contributed by atoms with E-state index in [4.69, 9.17) is 16.3 Å². The molecule has 0 aromatic heterocycles. The molecule has 2 rings (SSSR count). The highest BCUT2D eigenvalue weighted by Crippen LogP contribution is 2.12. The number of amides is 1. The Morgan fingerprint density at radius 1 is 1.26 bits per heavy atom. The molecule has 1 saturated heterocycles. The second kappa shape index (κ2) is 7.48. The van der Waals surface area contributed by atoms with Crippen LogP contribution in [0.5, 0.6) is 0 Å². The largest absolute Gasteiger partial charge is 0.379 e. The lowest BCUT2D eigenvalue weighted by Crippen LogP contribution is -2.36. The van der Waals surface area contributed by atoms with Crippen LogP contribution in [0.2, 0.25) is 0 Å². The summed E-state index contributed by atoms with van der Waals surface area (Å²) in [5.74, 6) is -0.131.